The molecule has 0 radical (unpaired) electrons. The van der Waals surface area contributed by atoms with Crippen LogP contribution in [0, 0.1) is 0 Å². The van der Waals surface area contributed by atoms with Crippen LogP contribution in [-0.2, 0) is 15.2 Å². The largest absolute Gasteiger partial charge is 0.375 e. The van der Waals surface area contributed by atoms with E-state index >= 15 is 0 Å². The second kappa shape index (κ2) is 6.23. The minimum atomic E-state index is -1.88. The van der Waals surface area contributed by atoms with Crippen molar-refractivity contribution in [1.82, 2.24) is 0 Å². The Kier molecular flexibility index (Phi) is 4.26. The van der Waals surface area contributed by atoms with Crippen LogP contribution in [0.25, 0.3) is 6.08 Å². The fourth-order valence-corrected chi connectivity index (χ4v) is 3.04. The highest BCUT2D eigenvalue weighted by molar-refractivity contribution is 6.31. The molecule has 2 aromatic carbocycles. The van der Waals surface area contributed by atoms with E-state index in [-0.39, 0.29) is 12.2 Å². The average molecular weight is 342 g/mol. The van der Waals surface area contributed by atoms with E-state index in [2.05, 4.69) is 0 Å². The Hall–Kier alpha value is -2.43. The molecule has 0 bridgehead atoms. The smallest absolute Gasteiger partial charge is 0.263 e. The number of allylic oxidation sites excluding steroid dienone is 1. The molecular weight excluding hydrogens is 326 g/mol. The predicted molar refractivity (Wildman–Crippen MR) is 93.9 cm³/mol. The van der Waals surface area contributed by atoms with Gasteiger partial charge in [0.2, 0.25) is 0 Å². The summed E-state index contributed by atoms with van der Waals surface area (Å²) in [5.74, 6) is -0.864. The molecule has 24 heavy (non-hydrogen) atoms. The van der Waals surface area contributed by atoms with E-state index in [0.29, 0.717) is 16.3 Å². The zero-order chi connectivity index (χ0) is 17.3. The lowest BCUT2D eigenvalue weighted by atomic mass is 9.89. The molecule has 1 N–H and O–H groups in total. The maximum absolute atomic E-state index is 12.5. The van der Waals surface area contributed by atoms with Gasteiger partial charge in [-0.1, -0.05) is 48.0 Å². The van der Waals surface area contributed by atoms with Crippen molar-refractivity contribution in [2.24, 2.45) is 0 Å². The molecule has 1 aliphatic rings. The number of carbonyl (C=O) groups is 2. The Bertz CT molecular complexity index is 832. The van der Waals surface area contributed by atoms with Gasteiger partial charge < -0.3 is 10.0 Å². The van der Waals surface area contributed by atoms with Crippen molar-refractivity contribution >= 4 is 35.1 Å². The normalized spacial score (nSPS) is 19.8. The van der Waals surface area contributed by atoms with Crippen molar-refractivity contribution in [3.05, 3.63) is 70.8 Å². The first kappa shape index (κ1) is 16.4. The molecule has 2 aromatic rings. The fourth-order valence-electron chi connectivity index (χ4n) is 2.87. The molecule has 5 heteroatoms. The molecule has 3 rings (SSSR count). The highest BCUT2D eigenvalue weighted by Gasteiger charge is 2.49. The molecule has 1 atom stereocenters. The van der Waals surface area contributed by atoms with Crippen LogP contribution in [0.3, 0.4) is 0 Å². The molecule has 0 saturated heterocycles. The second-order valence-corrected chi connectivity index (χ2v) is 6.21. The summed E-state index contributed by atoms with van der Waals surface area (Å²) in [6.45, 7) is 0. The second-order valence-electron chi connectivity index (χ2n) is 5.77. The van der Waals surface area contributed by atoms with Crippen molar-refractivity contribution in [3.8, 4) is 0 Å². The van der Waals surface area contributed by atoms with Crippen LogP contribution in [0.4, 0.5) is 5.69 Å². The van der Waals surface area contributed by atoms with Gasteiger partial charge in [-0.2, -0.15) is 0 Å². The van der Waals surface area contributed by atoms with Crippen molar-refractivity contribution in [2.45, 2.75) is 12.0 Å². The lowest BCUT2D eigenvalue weighted by molar-refractivity contribution is -0.140. The van der Waals surface area contributed by atoms with E-state index in [1.807, 2.05) is 30.3 Å². The molecule has 0 aliphatic carbocycles. The van der Waals surface area contributed by atoms with Crippen molar-refractivity contribution in [2.75, 3.05) is 11.9 Å². The van der Waals surface area contributed by atoms with E-state index in [1.165, 1.54) is 17.0 Å². The summed E-state index contributed by atoms with van der Waals surface area (Å²) in [7, 11) is 1.57. The van der Waals surface area contributed by atoms with E-state index in [0.717, 1.165) is 5.56 Å². The summed E-state index contributed by atoms with van der Waals surface area (Å²) < 4.78 is 0. The topological polar surface area (TPSA) is 57.6 Å². The third kappa shape index (κ3) is 2.86. The summed E-state index contributed by atoms with van der Waals surface area (Å²) in [6.07, 6.45) is 2.71. The van der Waals surface area contributed by atoms with Crippen LogP contribution in [0.15, 0.2) is 54.6 Å². The Balaban J connectivity index is 1.86. The zero-order valence-electron chi connectivity index (χ0n) is 13.1. The predicted octanol–water partition coefficient (Wildman–Crippen LogP) is 3.18. The lowest BCUT2D eigenvalue weighted by Crippen LogP contribution is -2.40. The van der Waals surface area contributed by atoms with Gasteiger partial charge in [0.1, 0.15) is 0 Å². The fraction of sp³-hybridized carbons (Fsp3) is 0.158. The number of benzene rings is 2. The van der Waals surface area contributed by atoms with Gasteiger partial charge in [-0.05, 0) is 29.8 Å². The summed E-state index contributed by atoms with van der Waals surface area (Å²) in [6, 6.07) is 14.2. The number of carbonyl (C=O) groups excluding carboxylic acids is 2. The first-order valence-electron chi connectivity index (χ1n) is 7.48. The lowest BCUT2D eigenvalue weighted by Gasteiger charge is -2.20. The molecule has 122 valence electrons. The summed E-state index contributed by atoms with van der Waals surface area (Å²) in [5.41, 5.74) is -0.0838. The molecule has 0 saturated carbocycles. The summed E-state index contributed by atoms with van der Waals surface area (Å²) in [4.78, 5) is 26.1. The molecule has 1 amide bonds. The van der Waals surface area contributed by atoms with E-state index < -0.39 is 11.5 Å². The molecule has 4 nitrogen and oxygen atoms in total. The van der Waals surface area contributed by atoms with Gasteiger partial charge in [-0.3, -0.25) is 9.59 Å². The number of aliphatic hydroxyl groups is 1. The monoisotopic (exact) mass is 341 g/mol. The molecule has 1 heterocycles. The number of fused-ring (bicyclic) bond motifs is 1. The number of halogens is 1. The number of hydrogen-bond acceptors (Lipinski definition) is 3. The standard InChI is InChI=1S/C19H16ClNO3/c1-21-17-10-8-14(20)11-16(17)19(24,18(21)23)12-15(22)9-7-13-5-3-2-4-6-13/h2-11,24H,12H2,1H3/b9-7+/t19-/m0/s1. The van der Waals surface area contributed by atoms with E-state index in [4.69, 9.17) is 11.6 Å². The number of ketones is 1. The van der Waals surface area contributed by atoms with E-state index in [1.54, 1.807) is 25.3 Å². The summed E-state index contributed by atoms with van der Waals surface area (Å²) >= 11 is 5.98. The molecule has 0 fully saturated rings. The SMILES string of the molecule is CN1C(=O)[C@](O)(CC(=O)/C=C/c2ccccc2)c2cc(Cl)ccc21. The van der Waals surface area contributed by atoms with Crippen LogP contribution >= 0.6 is 11.6 Å². The van der Waals surface area contributed by atoms with Crippen LogP contribution in [-0.4, -0.2) is 23.8 Å². The maximum Gasteiger partial charge on any atom is 0.263 e. The molecule has 1 aliphatic heterocycles. The third-order valence-electron chi connectivity index (χ3n) is 4.12. The summed E-state index contributed by atoms with van der Waals surface area (Å²) in [5, 5.41) is 11.3. The first-order valence-corrected chi connectivity index (χ1v) is 7.86. The van der Waals surface area contributed by atoms with Crippen molar-refractivity contribution < 1.29 is 14.7 Å². The molecular formula is C19H16ClNO3. The third-order valence-corrected chi connectivity index (χ3v) is 4.35. The van der Waals surface area contributed by atoms with Gasteiger partial charge in [0.05, 0.1) is 12.1 Å². The van der Waals surface area contributed by atoms with Crippen LogP contribution < -0.4 is 4.90 Å². The highest BCUT2D eigenvalue weighted by atomic mass is 35.5. The molecule has 0 aromatic heterocycles. The molecule has 0 unspecified atom stereocenters. The van der Waals surface area contributed by atoms with Crippen molar-refractivity contribution in [1.29, 1.82) is 0 Å². The van der Waals surface area contributed by atoms with Crippen LogP contribution in [0.1, 0.15) is 17.5 Å². The van der Waals surface area contributed by atoms with Crippen LogP contribution in [0.2, 0.25) is 5.02 Å². The average Bonchev–Trinajstić information content (AvgIpc) is 2.75. The zero-order valence-corrected chi connectivity index (χ0v) is 13.8. The Morgan fingerprint density at radius 2 is 1.96 bits per heavy atom. The number of nitrogens with zero attached hydrogens (tertiary/aromatic N) is 1. The van der Waals surface area contributed by atoms with Gasteiger partial charge in [-0.25, -0.2) is 0 Å². The minimum absolute atomic E-state index is 0.327. The Labute approximate surface area is 145 Å². The number of rotatable bonds is 4. The van der Waals surface area contributed by atoms with Gasteiger partial charge >= 0.3 is 0 Å². The quantitative estimate of drug-likeness (QED) is 0.869. The Morgan fingerprint density at radius 3 is 2.67 bits per heavy atom. The van der Waals surface area contributed by atoms with Gasteiger partial charge in [-0.15, -0.1) is 0 Å². The maximum atomic E-state index is 12.5. The number of anilines is 1. The Morgan fingerprint density at radius 1 is 1.25 bits per heavy atom. The number of hydrogen-bond donors (Lipinski definition) is 1. The number of amides is 1. The first-order chi connectivity index (χ1) is 11.4. The van der Waals surface area contributed by atoms with Gasteiger partial charge in [0.15, 0.2) is 11.4 Å². The number of likely N-dealkylation sites (N-methyl/N-ethyl adjacent to an activating group) is 1. The van der Waals surface area contributed by atoms with Crippen molar-refractivity contribution in [3.63, 3.8) is 0 Å². The van der Waals surface area contributed by atoms with E-state index in [9.17, 15) is 14.7 Å². The van der Waals surface area contributed by atoms with Crippen LogP contribution in [0.5, 0.6) is 0 Å². The van der Waals surface area contributed by atoms with Gasteiger partial charge in [0, 0.05) is 17.6 Å². The van der Waals surface area contributed by atoms with Gasteiger partial charge in [0.25, 0.3) is 5.91 Å². The molecule has 0 spiro atoms. The highest BCUT2D eigenvalue weighted by Crippen LogP contribution is 2.42. The minimum Gasteiger partial charge on any atom is -0.375 e.